The summed E-state index contributed by atoms with van der Waals surface area (Å²) in [6.45, 7) is 9.66. The zero-order valence-electron chi connectivity index (χ0n) is 17.5. The number of benzene rings is 1. The number of likely N-dealkylation sites (tertiary alicyclic amines) is 1. The minimum absolute atomic E-state index is 0.528. The fourth-order valence-corrected chi connectivity index (χ4v) is 3.41. The van der Waals surface area contributed by atoms with Gasteiger partial charge in [-0.25, -0.2) is 0 Å². The summed E-state index contributed by atoms with van der Waals surface area (Å²) >= 11 is 0. The minimum atomic E-state index is 0.528. The standard InChI is InChI=1S/C22H38N4O/c1-4-6-14-26-15-11-20(12-16-26)25-22(23-3)24-13-10-19-8-7-9-21(18-19)27-17-5-2/h7-9,18,20H,4-6,10-17H2,1-3H3,(H2,23,24,25). The first-order valence-electron chi connectivity index (χ1n) is 10.7. The predicted octanol–water partition coefficient (Wildman–Crippen LogP) is 3.45. The number of nitrogens with one attached hydrogen (secondary N) is 2. The quantitative estimate of drug-likeness (QED) is 0.486. The van der Waals surface area contributed by atoms with Crippen LogP contribution in [0.25, 0.3) is 0 Å². The van der Waals surface area contributed by atoms with E-state index in [2.05, 4.69) is 52.6 Å². The summed E-state index contributed by atoms with van der Waals surface area (Å²) < 4.78 is 5.72. The molecule has 0 bridgehead atoms. The second kappa shape index (κ2) is 12.6. The van der Waals surface area contributed by atoms with Crippen LogP contribution in [0, 0.1) is 0 Å². The third kappa shape index (κ3) is 8.21. The van der Waals surface area contributed by atoms with Gasteiger partial charge in [-0.1, -0.05) is 32.4 Å². The van der Waals surface area contributed by atoms with E-state index in [0.717, 1.165) is 37.7 Å². The van der Waals surface area contributed by atoms with Crippen LogP contribution in [-0.4, -0.2) is 56.7 Å². The van der Waals surface area contributed by atoms with Gasteiger partial charge < -0.3 is 20.3 Å². The number of nitrogens with zero attached hydrogens (tertiary/aromatic N) is 2. The highest BCUT2D eigenvalue weighted by Gasteiger charge is 2.19. The summed E-state index contributed by atoms with van der Waals surface area (Å²) in [5.41, 5.74) is 1.29. The van der Waals surface area contributed by atoms with E-state index in [1.165, 1.54) is 50.9 Å². The fraction of sp³-hybridized carbons (Fsp3) is 0.682. The van der Waals surface area contributed by atoms with E-state index in [1.807, 2.05) is 13.1 Å². The van der Waals surface area contributed by atoms with Crippen molar-refractivity contribution in [1.82, 2.24) is 15.5 Å². The Balaban J connectivity index is 1.69. The summed E-state index contributed by atoms with van der Waals surface area (Å²) in [6.07, 6.45) is 6.97. The Morgan fingerprint density at radius 2 is 2.04 bits per heavy atom. The molecule has 0 unspecified atom stereocenters. The molecular weight excluding hydrogens is 336 g/mol. The number of hydrogen-bond donors (Lipinski definition) is 2. The van der Waals surface area contributed by atoms with Crippen molar-refractivity contribution in [2.45, 2.75) is 58.4 Å². The molecule has 1 aromatic carbocycles. The topological polar surface area (TPSA) is 48.9 Å². The van der Waals surface area contributed by atoms with Crippen molar-refractivity contribution < 1.29 is 4.74 Å². The maximum atomic E-state index is 5.72. The molecule has 2 rings (SSSR count). The molecule has 0 amide bonds. The van der Waals surface area contributed by atoms with Gasteiger partial charge in [0.15, 0.2) is 5.96 Å². The third-order valence-electron chi connectivity index (χ3n) is 5.06. The van der Waals surface area contributed by atoms with Crippen LogP contribution in [0.3, 0.4) is 0 Å². The number of rotatable bonds is 10. The average molecular weight is 375 g/mol. The van der Waals surface area contributed by atoms with Crippen LogP contribution < -0.4 is 15.4 Å². The molecule has 5 heteroatoms. The van der Waals surface area contributed by atoms with E-state index in [0.29, 0.717) is 6.04 Å². The summed E-state index contributed by atoms with van der Waals surface area (Å²) in [4.78, 5) is 6.98. The van der Waals surface area contributed by atoms with Gasteiger partial charge in [0.1, 0.15) is 5.75 Å². The SMILES string of the molecule is CCCCN1CCC(NC(=NC)NCCc2cccc(OCCC)c2)CC1. The van der Waals surface area contributed by atoms with Gasteiger partial charge in [0.2, 0.25) is 0 Å². The van der Waals surface area contributed by atoms with Gasteiger partial charge in [0.05, 0.1) is 6.61 Å². The normalized spacial score (nSPS) is 16.3. The molecule has 1 heterocycles. The maximum absolute atomic E-state index is 5.72. The summed E-state index contributed by atoms with van der Waals surface area (Å²) in [6, 6.07) is 8.92. The molecule has 1 aliphatic heterocycles. The number of aliphatic imine (C=N–C) groups is 1. The van der Waals surface area contributed by atoms with E-state index in [4.69, 9.17) is 4.74 Å². The Bertz CT molecular complexity index is 553. The average Bonchev–Trinajstić information content (AvgIpc) is 2.71. The molecule has 1 aromatic rings. The summed E-state index contributed by atoms with van der Waals surface area (Å²) in [5.74, 6) is 1.88. The molecule has 2 N–H and O–H groups in total. The molecule has 1 fully saturated rings. The van der Waals surface area contributed by atoms with E-state index < -0.39 is 0 Å². The monoisotopic (exact) mass is 374 g/mol. The van der Waals surface area contributed by atoms with Crippen molar-refractivity contribution in [1.29, 1.82) is 0 Å². The van der Waals surface area contributed by atoms with Crippen molar-refractivity contribution in [2.24, 2.45) is 4.99 Å². The molecule has 5 nitrogen and oxygen atoms in total. The molecule has 0 atom stereocenters. The van der Waals surface area contributed by atoms with Crippen LogP contribution >= 0.6 is 0 Å². The number of ether oxygens (including phenoxy) is 1. The van der Waals surface area contributed by atoms with Crippen molar-refractivity contribution >= 4 is 5.96 Å². The number of unbranched alkanes of at least 4 members (excludes halogenated alkanes) is 1. The first kappa shape index (κ1) is 21.5. The number of guanidine groups is 1. The van der Waals surface area contributed by atoms with Crippen LogP contribution in [0.2, 0.25) is 0 Å². The first-order valence-corrected chi connectivity index (χ1v) is 10.7. The maximum Gasteiger partial charge on any atom is 0.191 e. The first-order chi connectivity index (χ1) is 13.2. The second-order valence-electron chi connectivity index (χ2n) is 7.36. The predicted molar refractivity (Wildman–Crippen MR) is 115 cm³/mol. The smallest absolute Gasteiger partial charge is 0.191 e. The number of hydrogen-bond acceptors (Lipinski definition) is 3. The molecule has 27 heavy (non-hydrogen) atoms. The lowest BCUT2D eigenvalue weighted by Crippen LogP contribution is -2.49. The van der Waals surface area contributed by atoms with Gasteiger partial charge in [-0.3, -0.25) is 4.99 Å². The Labute approximate surface area is 165 Å². The van der Waals surface area contributed by atoms with Gasteiger partial charge in [-0.2, -0.15) is 0 Å². The second-order valence-corrected chi connectivity index (χ2v) is 7.36. The van der Waals surface area contributed by atoms with Crippen LogP contribution in [0.1, 0.15) is 51.5 Å². The molecule has 1 aliphatic rings. The zero-order chi connectivity index (χ0) is 19.3. The highest BCUT2D eigenvalue weighted by molar-refractivity contribution is 5.79. The van der Waals surface area contributed by atoms with E-state index >= 15 is 0 Å². The van der Waals surface area contributed by atoms with Crippen LogP contribution in [0.15, 0.2) is 29.3 Å². The van der Waals surface area contributed by atoms with Crippen molar-refractivity contribution in [3.63, 3.8) is 0 Å². The lowest BCUT2D eigenvalue weighted by Gasteiger charge is -2.33. The van der Waals surface area contributed by atoms with E-state index in [-0.39, 0.29) is 0 Å². The third-order valence-corrected chi connectivity index (χ3v) is 5.06. The van der Waals surface area contributed by atoms with Crippen molar-refractivity contribution in [3.05, 3.63) is 29.8 Å². The van der Waals surface area contributed by atoms with E-state index in [9.17, 15) is 0 Å². The van der Waals surface area contributed by atoms with Gasteiger partial charge in [0.25, 0.3) is 0 Å². The van der Waals surface area contributed by atoms with Crippen molar-refractivity contribution in [3.8, 4) is 5.75 Å². The summed E-state index contributed by atoms with van der Waals surface area (Å²) in [7, 11) is 1.85. The highest BCUT2D eigenvalue weighted by atomic mass is 16.5. The van der Waals surface area contributed by atoms with Crippen LogP contribution in [-0.2, 0) is 6.42 Å². The van der Waals surface area contributed by atoms with Crippen LogP contribution in [0.5, 0.6) is 5.75 Å². The lowest BCUT2D eigenvalue weighted by molar-refractivity contribution is 0.203. The van der Waals surface area contributed by atoms with Gasteiger partial charge in [0, 0.05) is 32.7 Å². The molecule has 0 spiro atoms. The molecule has 0 radical (unpaired) electrons. The lowest BCUT2D eigenvalue weighted by atomic mass is 10.0. The zero-order valence-corrected chi connectivity index (χ0v) is 17.5. The minimum Gasteiger partial charge on any atom is -0.494 e. The van der Waals surface area contributed by atoms with Crippen molar-refractivity contribution in [2.75, 3.05) is 39.8 Å². The number of piperidine rings is 1. The van der Waals surface area contributed by atoms with Gasteiger partial charge >= 0.3 is 0 Å². The van der Waals surface area contributed by atoms with Gasteiger partial charge in [-0.05, 0) is 56.3 Å². The van der Waals surface area contributed by atoms with Crippen LogP contribution in [0.4, 0.5) is 0 Å². The Kier molecular flexibility index (Phi) is 10.1. The summed E-state index contributed by atoms with van der Waals surface area (Å²) in [5, 5.41) is 7.05. The van der Waals surface area contributed by atoms with E-state index in [1.54, 1.807) is 0 Å². The molecule has 0 aliphatic carbocycles. The Hall–Kier alpha value is -1.75. The Morgan fingerprint density at radius 1 is 1.22 bits per heavy atom. The Morgan fingerprint density at radius 3 is 2.74 bits per heavy atom. The molecule has 152 valence electrons. The molecular formula is C22H38N4O. The molecule has 0 saturated carbocycles. The molecule has 1 saturated heterocycles. The molecule has 0 aromatic heterocycles. The van der Waals surface area contributed by atoms with Gasteiger partial charge in [-0.15, -0.1) is 0 Å². The fourth-order valence-electron chi connectivity index (χ4n) is 3.41. The largest absolute Gasteiger partial charge is 0.494 e. The highest BCUT2D eigenvalue weighted by Crippen LogP contribution is 2.14.